The average Bonchev–Trinajstić information content (AvgIpc) is 2.69. The lowest BCUT2D eigenvalue weighted by molar-refractivity contribution is -0.130. The Hall–Kier alpha value is -1.14. The van der Waals surface area contributed by atoms with Crippen molar-refractivity contribution in [2.45, 2.75) is 31.7 Å². The van der Waals surface area contributed by atoms with Crippen LogP contribution in [0.1, 0.15) is 25.7 Å². The lowest BCUT2D eigenvalue weighted by atomic mass is 9.91. The minimum absolute atomic E-state index is 0.128. The van der Waals surface area contributed by atoms with E-state index in [1.807, 2.05) is 0 Å². The Kier molecular flexibility index (Phi) is 4.54. The summed E-state index contributed by atoms with van der Waals surface area (Å²) in [4.78, 5) is 26.5. The maximum Gasteiger partial charge on any atom is 0.416 e. The lowest BCUT2D eigenvalue weighted by Gasteiger charge is -2.37. The second kappa shape index (κ2) is 6.15. The fourth-order valence-corrected chi connectivity index (χ4v) is 2.30. The molecule has 0 atom stereocenters. The van der Waals surface area contributed by atoms with Gasteiger partial charge < -0.3 is 9.84 Å². The molecular formula is C12H20N2O4. The maximum absolute atomic E-state index is 12.0. The summed E-state index contributed by atoms with van der Waals surface area (Å²) in [5.41, 5.74) is 0. The molecule has 1 saturated heterocycles. The predicted molar refractivity (Wildman–Crippen MR) is 64.0 cm³/mol. The van der Waals surface area contributed by atoms with Crippen LogP contribution in [0.15, 0.2) is 0 Å². The predicted octanol–water partition coefficient (Wildman–Crippen LogP) is 0.202. The van der Waals surface area contributed by atoms with E-state index in [9.17, 15) is 9.59 Å². The molecule has 0 aromatic rings. The van der Waals surface area contributed by atoms with E-state index in [4.69, 9.17) is 9.84 Å². The average molecular weight is 256 g/mol. The van der Waals surface area contributed by atoms with E-state index in [0.717, 1.165) is 12.8 Å². The number of rotatable bonds is 6. The Morgan fingerprint density at radius 2 is 2.28 bits per heavy atom. The van der Waals surface area contributed by atoms with Crippen molar-refractivity contribution in [1.82, 2.24) is 9.80 Å². The summed E-state index contributed by atoms with van der Waals surface area (Å²) in [7, 11) is 0. The third-order valence-corrected chi connectivity index (χ3v) is 3.59. The van der Waals surface area contributed by atoms with E-state index in [1.165, 1.54) is 11.3 Å². The quantitative estimate of drug-likeness (QED) is 0.735. The summed E-state index contributed by atoms with van der Waals surface area (Å²) >= 11 is 0. The number of amides is 2. The summed E-state index contributed by atoms with van der Waals surface area (Å²) < 4.78 is 4.76. The fourth-order valence-electron chi connectivity index (χ4n) is 2.30. The molecule has 1 heterocycles. The highest BCUT2D eigenvalue weighted by atomic mass is 16.6. The van der Waals surface area contributed by atoms with Gasteiger partial charge in [-0.2, -0.15) is 0 Å². The van der Waals surface area contributed by atoms with Gasteiger partial charge in [0.05, 0.1) is 13.1 Å². The van der Waals surface area contributed by atoms with E-state index in [-0.39, 0.29) is 19.1 Å². The van der Waals surface area contributed by atoms with E-state index >= 15 is 0 Å². The van der Waals surface area contributed by atoms with Crippen molar-refractivity contribution in [3.05, 3.63) is 0 Å². The first-order valence-corrected chi connectivity index (χ1v) is 6.54. The van der Waals surface area contributed by atoms with Crippen LogP contribution >= 0.6 is 0 Å². The molecule has 2 amide bonds. The largest absolute Gasteiger partial charge is 0.447 e. The van der Waals surface area contributed by atoms with Crippen LogP contribution in [0, 0.1) is 0 Å². The molecular weight excluding hydrogens is 236 g/mol. The van der Waals surface area contributed by atoms with Gasteiger partial charge in [-0.3, -0.25) is 9.69 Å². The number of aliphatic hydroxyl groups excluding tert-OH is 1. The topological polar surface area (TPSA) is 70.1 Å². The molecule has 6 nitrogen and oxygen atoms in total. The van der Waals surface area contributed by atoms with E-state index < -0.39 is 6.09 Å². The monoisotopic (exact) mass is 256 g/mol. The lowest BCUT2D eigenvalue weighted by Crippen LogP contribution is -2.47. The summed E-state index contributed by atoms with van der Waals surface area (Å²) in [6.45, 7) is 1.74. The van der Waals surface area contributed by atoms with Crippen molar-refractivity contribution in [1.29, 1.82) is 0 Å². The van der Waals surface area contributed by atoms with Crippen LogP contribution in [-0.4, -0.2) is 65.8 Å². The summed E-state index contributed by atoms with van der Waals surface area (Å²) in [6, 6.07) is 0.430. The first-order chi connectivity index (χ1) is 8.72. The number of cyclic esters (lactones) is 1. The van der Waals surface area contributed by atoms with Crippen molar-refractivity contribution in [2.75, 3.05) is 32.8 Å². The van der Waals surface area contributed by atoms with Crippen LogP contribution in [0.3, 0.4) is 0 Å². The molecule has 0 bridgehead atoms. The summed E-state index contributed by atoms with van der Waals surface area (Å²) in [5, 5.41) is 8.88. The summed E-state index contributed by atoms with van der Waals surface area (Å²) in [5.74, 6) is -0.192. The molecule has 1 N–H and O–H groups in total. The van der Waals surface area contributed by atoms with Gasteiger partial charge in [0.25, 0.3) is 0 Å². The van der Waals surface area contributed by atoms with E-state index in [2.05, 4.69) is 4.90 Å². The second-order valence-corrected chi connectivity index (χ2v) is 4.79. The third-order valence-electron chi connectivity index (χ3n) is 3.59. The Balaban J connectivity index is 1.86. The highest BCUT2D eigenvalue weighted by Crippen LogP contribution is 2.25. The highest BCUT2D eigenvalue weighted by Gasteiger charge is 2.32. The molecule has 1 saturated carbocycles. The molecule has 1 aliphatic carbocycles. The van der Waals surface area contributed by atoms with Gasteiger partial charge in [-0.15, -0.1) is 0 Å². The minimum atomic E-state index is -0.532. The van der Waals surface area contributed by atoms with Crippen molar-refractivity contribution in [2.24, 2.45) is 0 Å². The Labute approximate surface area is 106 Å². The van der Waals surface area contributed by atoms with Gasteiger partial charge in [0, 0.05) is 19.2 Å². The van der Waals surface area contributed by atoms with Crippen molar-refractivity contribution >= 4 is 12.0 Å². The molecule has 2 rings (SSSR count). The third kappa shape index (κ3) is 3.00. The number of imide groups is 1. The van der Waals surface area contributed by atoms with Crippen molar-refractivity contribution < 1.29 is 19.4 Å². The Morgan fingerprint density at radius 1 is 1.50 bits per heavy atom. The van der Waals surface area contributed by atoms with Crippen LogP contribution in [-0.2, 0) is 9.53 Å². The number of ether oxygens (including phenoxy) is 1. The number of aliphatic hydroxyl groups is 1. The molecule has 102 valence electrons. The van der Waals surface area contributed by atoms with E-state index in [0.29, 0.717) is 32.2 Å². The zero-order valence-corrected chi connectivity index (χ0v) is 10.5. The van der Waals surface area contributed by atoms with Crippen molar-refractivity contribution in [3.63, 3.8) is 0 Å². The summed E-state index contributed by atoms with van der Waals surface area (Å²) in [6.07, 6.45) is 3.52. The zero-order chi connectivity index (χ0) is 13.0. The maximum atomic E-state index is 12.0. The van der Waals surface area contributed by atoms with Gasteiger partial charge in [-0.05, 0) is 19.3 Å². The molecule has 0 aromatic carbocycles. The van der Waals surface area contributed by atoms with Crippen LogP contribution in [0.4, 0.5) is 4.79 Å². The molecule has 6 heteroatoms. The Bertz CT molecular complexity index is 317. The SMILES string of the molecule is O=C(CN(CCCO)C1CCC1)N1CCOC1=O. The van der Waals surface area contributed by atoms with Crippen LogP contribution in [0.2, 0.25) is 0 Å². The van der Waals surface area contributed by atoms with Crippen molar-refractivity contribution in [3.8, 4) is 0 Å². The number of nitrogens with zero attached hydrogens (tertiary/aromatic N) is 2. The Morgan fingerprint density at radius 3 is 2.78 bits per heavy atom. The normalized spacial score (nSPS) is 20.1. The molecule has 2 fully saturated rings. The van der Waals surface area contributed by atoms with Gasteiger partial charge in [-0.25, -0.2) is 9.69 Å². The van der Waals surface area contributed by atoms with Gasteiger partial charge in [0.1, 0.15) is 6.61 Å². The first kappa shape index (κ1) is 13.3. The molecule has 2 aliphatic rings. The number of hydrogen-bond acceptors (Lipinski definition) is 5. The molecule has 0 radical (unpaired) electrons. The molecule has 0 unspecified atom stereocenters. The van der Waals surface area contributed by atoms with Gasteiger partial charge >= 0.3 is 6.09 Å². The van der Waals surface area contributed by atoms with Gasteiger partial charge in [-0.1, -0.05) is 6.42 Å². The number of hydrogen-bond donors (Lipinski definition) is 1. The minimum Gasteiger partial charge on any atom is -0.447 e. The number of carbonyl (C=O) groups excluding carboxylic acids is 2. The zero-order valence-electron chi connectivity index (χ0n) is 10.5. The van der Waals surface area contributed by atoms with Gasteiger partial charge in [0.2, 0.25) is 5.91 Å². The standard InChI is InChI=1S/C12H20N2O4/c15-7-2-5-13(10-3-1-4-10)9-11(16)14-6-8-18-12(14)17/h10,15H,1-9H2. The van der Waals surface area contributed by atoms with E-state index in [1.54, 1.807) is 0 Å². The fraction of sp³-hybridized carbons (Fsp3) is 0.833. The highest BCUT2D eigenvalue weighted by molar-refractivity contribution is 5.94. The van der Waals surface area contributed by atoms with Crippen LogP contribution in [0.5, 0.6) is 0 Å². The molecule has 18 heavy (non-hydrogen) atoms. The smallest absolute Gasteiger partial charge is 0.416 e. The molecule has 0 aromatic heterocycles. The molecule has 0 spiro atoms. The first-order valence-electron chi connectivity index (χ1n) is 6.54. The van der Waals surface area contributed by atoms with Gasteiger partial charge in [0.15, 0.2) is 0 Å². The number of carbonyl (C=O) groups is 2. The van der Waals surface area contributed by atoms with Crippen LogP contribution in [0.25, 0.3) is 0 Å². The second-order valence-electron chi connectivity index (χ2n) is 4.79. The molecule has 1 aliphatic heterocycles. The van der Waals surface area contributed by atoms with Crippen LogP contribution < -0.4 is 0 Å².